The highest BCUT2D eigenvalue weighted by Crippen LogP contribution is 2.47. The van der Waals surface area contributed by atoms with Crippen LogP contribution in [0.15, 0.2) is 170 Å². The van der Waals surface area contributed by atoms with Gasteiger partial charge in [0.1, 0.15) is 0 Å². The summed E-state index contributed by atoms with van der Waals surface area (Å²) >= 11 is 3.82. The summed E-state index contributed by atoms with van der Waals surface area (Å²) < 4.78 is 5.40. The van der Waals surface area contributed by atoms with Gasteiger partial charge in [-0.2, -0.15) is 0 Å². The molecule has 0 saturated heterocycles. The molecule has 2 heterocycles. The molecule has 0 aliphatic heterocycles. The average molecular weight is 707 g/mol. The van der Waals surface area contributed by atoms with Gasteiger partial charge in [0, 0.05) is 54.0 Å². The van der Waals surface area contributed by atoms with Gasteiger partial charge in [-0.05, 0) is 97.8 Å². The Kier molecular flexibility index (Phi) is 8.00. The predicted molar refractivity (Wildman–Crippen MR) is 227 cm³/mol. The van der Waals surface area contributed by atoms with Gasteiger partial charge in [0.15, 0.2) is 0 Å². The normalized spacial score (nSPS) is 16.2. The first-order chi connectivity index (χ1) is 25.8. The maximum absolute atomic E-state index is 2.66. The molecule has 0 bridgehead atoms. The van der Waals surface area contributed by atoms with Crippen molar-refractivity contribution in [2.45, 2.75) is 37.6 Å². The second-order valence-electron chi connectivity index (χ2n) is 14.0. The van der Waals surface area contributed by atoms with Crippen LogP contribution in [0, 0.1) is 0 Å². The quantitative estimate of drug-likeness (QED) is 0.163. The van der Waals surface area contributed by atoms with Gasteiger partial charge in [-0.25, -0.2) is 0 Å². The first-order valence-electron chi connectivity index (χ1n) is 18.4. The van der Waals surface area contributed by atoms with Crippen LogP contribution >= 0.6 is 22.7 Å². The van der Waals surface area contributed by atoms with Gasteiger partial charge >= 0.3 is 0 Å². The first kappa shape index (κ1) is 31.3. The summed E-state index contributed by atoms with van der Waals surface area (Å²) in [5.41, 5.74) is 7.68. The maximum atomic E-state index is 2.66. The van der Waals surface area contributed by atoms with Gasteiger partial charge in [-0.3, -0.25) is 0 Å². The number of anilines is 5. The number of hydrogen-bond donors (Lipinski definition) is 0. The Morgan fingerprint density at radius 3 is 1.48 bits per heavy atom. The van der Waals surface area contributed by atoms with Gasteiger partial charge < -0.3 is 9.80 Å². The minimum Gasteiger partial charge on any atom is -0.337 e. The summed E-state index contributed by atoms with van der Waals surface area (Å²) in [7, 11) is 0. The lowest BCUT2D eigenvalue weighted by atomic mass is 9.81. The first-order valence-corrected chi connectivity index (χ1v) is 20.0. The van der Waals surface area contributed by atoms with E-state index < -0.39 is 0 Å². The molecule has 0 radical (unpaired) electrons. The molecule has 1 fully saturated rings. The summed E-state index contributed by atoms with van der Waals surface area (Å²) in [5, 5.41) is 5.37. The minimum atomic E-state index is 0.448. The van der Waals surface area contributed by atoms with Crippen molar-refractivity contribution in [2.24, 2.45) is 0 Å². The summed E-state index contributed by atoms with van der Waals surface area (Å²) in [4.78, 5) is 5.09. The lowest BCUT2D eigenvalue weighted by Gasteiger charge is -2.39. The van der Waals surface area contributed by atoms with Crippen LogP contribution in [-0.4, -0.2) is 6.04 Å². The molecule has 1 aliphatic rings. The second kappa shape index (κ2) is 13.3. The van der Waals surface area contributed by atoms with Gasteiger partial charge in [0.05, 0.1) is 20.8 Å². The van der Waals surface area contributed by atoms with Crippen molar-refractivity contribution in [3.8, 4) is 0 Å². The fourth-order valence-corrected chi connectivity index (χ4v) is 11.0. The molecule has 2 nitrogen and oxygen atoms in total. The van der Waals surface area contributed by atoms with Crippen molar-refractivity contribution < 1.29 is 0 Å². The van der Waals surface area contributed by atoms with E-state index >= 15 is 0 Å². The fourth-order valence-electron chi connectivity index (χ4n) is 8.53. The van der Waals surface area contributed by atoms with Crippen LogP contribution in [0.3, 0.4) is 0 Å². The van der Waals surface area contributed by atoms with Crippen molar-refractivity contribution in [1.29, 1.82) is 0 Å². The monoisotopic (exact) mass is 706 g/mol. The van der Waals surface area contributed by atoms with E-state index in [-0.39, 0.29) is 0 Å². The van der Waals surface area contributed by atoms with Crippen LogP contribution in [0.2, 0.25) is 0 Å². The third-order valence-electron chi connectivity index (χ3n) is 11.0. The number of thiophene rings is 2. The molecule has 7 aromatic carbocycles. The Hall–Kier alpha value is -5.42. The van der Waals surface area contributed by atoms with Gasteiger partial charge in [0.2, 0.25) is 0 Å². The minimum absolute atomic E-state index is 0.448. The standard InChI is InChI=1S/C48H38N2S2/c1-3-13-35(14-4-1)49(43-21-11-19-41-39-17-7-9-23-45(39)51-47(41)43)37-29-25-33(26-30-37)34-27-31-38(32-28-34)50(36-15-5-2-6-16-36)44-22-12-20-42-40-18-8-10-24-46(40)52-48(42)44/h1-26,29-30,34,38H,27-28,31-32H2. The average Bonchev–Trinajstić information content (AvgIpc) is 3.79. The molecule has 2 aromatic heterocycles. The highest BCUT2D eigenvalue weighted by molar-refractivity contribution is 7.26. The fraction of sp³-hybridized carbons (Fsp3) is 0.125. The summed E-state index contributed by atoms with van der Waals surface area (Å²) in [6, 6.07) is 63.1. The van der Waals surface area contributed by atoms with Crippen LogP contribution in [0.4, 0.5) is 28.4 Å². The molecule has 0 unspecified atom stereocenters. The second-order valence-corrected chi connectivity index (χ2v) is 16.1. The highest BCUT2D eigenvalue weighted by Gasteiger charge is 2.29. The van der Waals surface area contributed by atoms with E-state index in [1.165, 1.54) is 87.2 Å². The molecule has 1 aliphatic carbocycles. The molecule has 4 heteroatoms. The maximum Gasteiger partial charge on any atom is 0.0640 e. The zero-order valence-corrected chi connectivity index (χ0v) is 30.5. The van der Waals surface area contributed by atoms with E-state index in [9.17, 15) is 0 Å². The van der Waals surface area contributed by atoms with E-state index in [0.29, 0.717) is 12.0 Å². The predicted octanol–water partition coefficient (Wildman–Crippen LogP) is 14.8. The van der Waals surface area contributed by atoms with E-state index in [1.54, 1.807) is 0 Å². The molecular formula is C48H38N2S2. The van der Waals surface area contributed by atoms with E-state index in [2.05, 4.69) is 180 Å². The number of rotatable bonds is 7. The number of nitrogens with zero attached hydrogens (tertiary/aromatic N) is 2. The van der Waals surface area contributed by atoms with Crippen LogP contribution in [-0.2, 0) is 0 Å². The molecule has 1 saturated carbocycles. The van der Waals surface area contributed by atoms with E-state index in [1.807, 2.05) is 22.7 Å². The van der Waals surface area contributed by atoms with Gasteiger partial charge in [-0.1, -0.05) is 109 Å². The molecule has 0 spiro atoms. The number of hydrogen-bond acceptors (Lipinski definition) is 4. The molecule has 0 N–H and O–H groups in total. The zero-order valence-electron chi connectivity index (χ0n) is 28.9. The Morgan fingerprint density at radius 2 is 0.865 bits per heavy atom. The molecular weight excluding hydrogens is 669 g/mol. The van der Waals surface area contributed by atoms with Crippen LogP contribution in [0.1, 0.15) is 37.2 Å². The van der Waals surface area contributed by atoms with Crippen molar-refractivity contribution >= 4 is 91.5 Å². The Bertz CT molecular complexity index is 2650. The Labute approximate surface area is 312 Å². The Morgan fingerprint density at radius 1 is 0.385 bits per heavy atom. The molecule has 0 atom stereocenters. The van der Waals surface area contributed by atoms with Crippen molar-refractivity contribution in [3.63, 3.8) is 0 Å². The molecule has 52 heavy (non-hydrogen) atoms. The van der Waals surface area contributed by atoms with Crippen LogP contribution < -0.4 is 9.80 Å². The molecule has 9 aromatic rings. The lowest BCUT2D eigenvalue weighted by molar-refractivity contribution is 0.392. The van der Waals surface area contributed by atoms with Crippen LogP contribution in [0.25, 0.3) is 40.3 Å². The number of benzene rings is 7. The number of para-hydroxylation sites is 2. The lowest BCUT2D eigenvalue weighted by Crippen LogP contribution is -2.34. The molecule has 0 amide bonds. The molecule has 10 rings (SSSR count). The van der Waals surface area contributed by atoms with Gasteiger partial charge in [-0.15, -0.1) is 22.7 Å². The molecule has 252 valence electrons. The van der Waals surface area contributed by atoms with Crippen molar-refractivity contribution in [1.82, 2.24) is 0 Å². The topological polar surface area (TPSA) is 6.48 Å². The Balaban J connectivity index is 0.953. The highest BCUT2D eigenvalue weighted by atomic mass is 32.1. The van der Waals surface area contributed by atoms with Gasteiger partial charge in [0.25, 0.3) is 0 Å². The SMILES string of the molecule is c1ccc(N(c2ccc(C3CCC(N(c4ccccc4)c4cccc5c4sc4ccccc45)CC3)cc2)c2cccc3c2sc2ccccc23)cc1. The van der Waals surface area contributed by atoms with Crippen LogP contribution in [0.5, 0.6) is 0 Å². The smallest absolute Gasteiger partial charge is 0.0640 e. The third kappa shape index (κ3) is 5.46. The van der Waals surface area contributed by atoms with Crippen molar-refractivity contribution in [2.75, 3.05) is 9.80 Å². The van der Waals surface area contributed by atoms with E-state index in [0.717, 1.165) is 12.8 Å². The summed E-state index contributed by atoms with van der Waals surface area (Å²) in [6.45, 7) is 0. The van der Waals surface area contributed by atoms with E-state index in [4.69, 9.17) is 0 Å². The largest absolute Gasteiger partial charge is 0.337 e. The number of fused-ring (bicyclic) bond motifs is 6. The zero-order chi connectivity index (χ0) is 34.4. The summed E-state index contributed by atoms with van der Waals surface area (Å²) in [5.74, 6) is 0.555. The summed E-state index contributed by atoms with van der Waals surface area (Å²) in [6.07, 6.45) is 4.68. The third-order valence-corrected chi connectivity index (χ3v) is 13.4. The van der Waals surface area contributed by atoms with Crippen molar-refractivity contribution in [3.05, 3.63) is 175 Å².